The number of hydrogen-bond acceptors (Lipinski definition) is 3. The topological polar surface area (TPSA) is 24.5 Å². The molecule has 1 N–H and O–H groups in total. The van der Waals surface area contributed by atoms with E-state index in [-0.39, 0.29) is 0 Å². The fourth-order valence-electron chi connectivity index (χ4n) is 3.58. The van der Waals surface area contributed by atoms with Crippen molar-refractivity contribution in [1.29, 1.82) is 0 Å². The molecule has 2 heterocycles. The highest BCUT2D eigenvalue weighted by Gasteiger charge is 2.30. The van der Waals surface area contributed by atoms with Crippen LogP contribution >= 0.6 is 0 Å². The first kappa shape index (κ1) is 14.9. The number of benzene rings is 1. The average Bonchev–Trinajstić information content (AvgIpc) is 2.85. The zero-order valence-corrected chi connectivity index (χ0v) is 13.2. The molecule has 1 aromatic rings. The van der Waals surface area contributed by atoms with Crippen LogP contribution in [0.1, 0.15) is 31.7 Å². The van der Waals surface area contributed by atoms with E-state index in [0.717, 1.165) is 26.3 Å². The molecule has 3 nitrogen and oxygen atoms in total. The monoisotopic (exact) mass is 288 g/mol. The van der Waals surface area contributed by atoms with Gasteiger partial charge in [0.2, 0.25) is 0 Å². The van der Waals surface area contributed by atoms with Gasteiger partial charge in [-0.15, -0.1) is 0 Å². The third-order valence-corrected chi connectivity index (χ3v) is 4.77. The van der Waals surface area contributed by atoms with Crippen LogP contribution in [0, 0.1) is 5.92 Å². The van der Waals surface area contributed by atoms with E-state index in [0.29, 0.717) is 12.0 Å². The number of nitrogens with one attached hydrogen (secondary N) is 1. The number of ether oxygens (including phenoxy) is 1. The molecule has 1 aromatic carbocycles. The molecular weight excluding hydrogens is 260 g/mol. The van der Waals surface area contributed by atoms with Crippen LogP contribution in [0.15, 0.2) is 24.3 Å². The van der Waals surface area contributed by atoms with E-state index in [4.69, 9.17) is 4.74 Å². The molecule has 0 radical (unpaired) electrons. The molecule has 1 saturated heterocycles. The van der Waals surface area contributed by atoms with Gasteiger partial charge in [0, 0.05) is 30.7 Å². The van der Waals surface area contributed by atoms with Crippen LogP contribution < -0.4 is 10.2 Å². The summed E-state index contributed by atoms with van der Waals surface area (Å²) in [5.74, 6) is 0.614. The highest BCUT2D eigenvalue weighted by atomic mass is 16.5. The standard InChI is InChI=1S/C18H28N2O/c1-2-10-19-17-14-21-13-16(17)12-20-11-6-5-8-15-7-3-4-9-18(15)20/h3-4,7,9,16-17,19H,2,5-6,8,10-14H2,1H3. The molecule has 116 valence electrons. The fourth-order valence-corrected chi connectivity index (χ4v) is 3.58. The van der Waals surface area contributed by atoms with Gasteiger partial charge in [-0.25, -0.2) is 0 Å². The van der Waals surface area contributed by atoms with E-state index >= 15 is 0 Å². The lowest BCUT2D eigenvalue weighted by molar-refractivity contribution is 0.183. The Morgan fingerprint density at radius 3 is 3.05 bits per heavy atom. The lowest BCUT2D eigenvalue weighted by atomic mass is 10.0. The molecule has 3 rings (SSSR count). The summed E-state index contributed by atoms with van der Waals surface area (Å²) < 4.78 is 5.74. The molecule has 0 amide bonds. The fraction of sp³-hybridized carbons (Fsp3) is 0.667. The molecule has 2 aliphatic rings. The summed E-state index contributed by atoms with van der Waals surface area (Å²) in [7, 11) is 0. The number of rotatable bonds is 5. The van der Waals surface area contributed by atoms with Crippen LogP contribution in [-0.2, 0) is 11.2 Å². The maximum Gasteiger partial charge on any atom is 0.0624 e. The summed E-state index contributed by atoms with van der Waals surface area (Å²) in [6, 6.07) is 9.47. The Bertz CT molecular complexity index is 449. The second-order valence-electron chi connectivity index (χ2n) is 6.39. The largest absolute Gasteiger partial charge is 0.379 e. The van der Waals surface area contributed by atoms with Crippen molar-refractivity contribution in [2.75, 3.05) is 37.7 Å². The summed E-state index contributed by atoms with van der Waals surface area (Å²) in [6.07, 6.45) is 5.03. The van der Waals surface area contributed by atoms with Gasteiger partial charge in [0.1, 0.15) is 0 Å². The highest BCUT2D eigenvalue weighted by molar-refractivity contribution is 5.54. The van der Waals surface area contributed by atoms with Gasteiger partial charge < -0.3 is 15.0 Å². The average molecular weight is 288 g/mol. The molecule has 0 aromatic heterocycles. The maximum absolute atomic E-state index is 5.74. The minimum absolute atomic E-state index is 0.528. The van der Waals surface area contributed by atoms with E-state index in [1.807, 2.05) is 0 Å². The van der Waals surface area contributed by atoms with Crippen molar-refractivity contribution in [2.45, 2.75) is 38.6 Å². The zero-order valence-electron chi connectivity index (χ0n) is 13.2. The predicted octanol–water partition coefficient (Wildman–Crippen LogP) is 2.84. The molecule has 0 spiro atoms. The normalized spacial score (nSPS) is 25.7. The van der Waals surface area contributed by atoms with Gasteiger partial charge in [0.05, 0.1) is 13.2 Å². The quantitative estimate of drug-likeness (QED) is 0.901. The lowest BCUT2D eigenvalue weighted by Crippen LogP contribution is -2.42. The van der Waals surface area contributed by atoms with Crippen LogP contribution in [0.5, 0.6) is 0 Å². The van der Waals surface area contributed by atoms with Gasteiger partial charge in [0.15, 0.2) is 0 Å². The first-order chi connectivity index (χ1) is 10.4. The van der Waals surface area contributed by atoms with Crippen molar-refractivity contribution in [3.8, 4) is 0 Å². The van der Waals surface area contributed by atoms with Crippen molar-refractivity contribution in [1.82, 2.24) is 5.32 Å². The molecule has 1 fully saturated rings. The Hall–Kier alpha value is -1.06. The molecule has 2 unspecified atom stereocenters. The minimum Gasteiger partial charge on any atom is -0.379 e. The van der Waals surface area contributed by atoms with Crippen LogP contribution in [0.2, 0.25) is 0 Å². The first-order valence-corrected chi connectivity index (χ1v) is 8.52. The lowest BCUT2D eigenvalue weighted by Gasteiger charge is -2.30. The summed E-state index contributed by atoms with van der Waals surface area (Å²) in [5.41, 5.74) is 2.98. The van der Waals surface area contributed by atoms with Gasteiger partial charge in [0.25, 0.3) is 0 Å². The van der Waals surface area contributed by atoms with Gasteiger partial charge >= 0.3 is 0 Å². The van der Waals surface area contributed by atoms with E-state index in [1.54, 1.807) is 0 Å². The van der Waals surface area contributed by atoms with Gasteiger partial charge in [-0.1, -0.05) is 25.1 Å². The molecule has 0 aliphatic carbocycles. The Morgan fingerprint density at radius 2 is 2.14 bits per heavy atom. The van der Waals surface area contributed by atoms with Crippen LogP contribution in [0.25, 0.3) is 0 Å². The van der Waals surface area contributed by atoms with Crippen molar-refractivity contribution in [3.63, 3.8) is 0 Å². The Kier molecular flexibility index (Phi) is 5.15. The van der Waals surface area contributed by atoms with Crippen LogP contribution in [0.4, 0.5) is 5.69 Å². The molecule has 3 heteroatoms. The highest BCUT2D eigenvalue weighted by Crippen LogP contribution is 2.28. The third-order valence-electron chi connectivity index (χ3n) is 4.77. The van der Waals surface area contributed by atoms with Crippen molar-refractivity contribution >= 4 is 5.69 Å². The zero-order chi connectivity index (χ0) is 14.5. The van der Waals surface area contributed by atoms with Crippen molar-refractivity contribution < 1.29 is 4.74 Å². The number of fused-ring (bicyclic) bond motifs is 1. The molecule has 0 bridgehead atoms. The maximum atomic E-state index is 5.74. The predicted molar refractivity (Wildman–Crippen MR) is 88.0 cm³/mol. The first-order valence-electron chi connectivity index (χ1n) is 8.52. The van der Waals surface area contributed by atoms with E-state index in [9.17, 15) is 0 Å². The van der Waals surface area contributed by atoms with Crippen molar-refractivity contribution in [3.05, 3.63) is 29.8 Å². The van der Waals surface area contributed by atoms with E-state index in [2.05, 4.69) is 41.4 Å². The number of anilines is 1. The van der Waals surface area contributed by atoms with Gasteiger partial charge in [-0.2, -0.15) is 0 Å². The molecule has 2 atom stereocenters. The number of hydrogen-bond donors (Lipinski definition) is 1. The second kappa shape index (κ2) is 7.28. The van der Waals surface area contributed by atoms with Gasteiger partial charge in [-0.3, -0.25) is 0 Å². The SMILES string of the molecule is CCCNC1COCC1CN1CCCCc2ccccc21. The van der Waals surface area contributed by atoms with Crippen LogP contribution in [0.3, 0.4) is 0 Å². The van der Waals surface area contributed by atoms with E-state index < -0.39 is 0 Å². The number of para-hydroxylation sites is 1. The van der Waals surface area contributed by atoms with E-state index in [1.165, 1.54) is 43.5 Å². The summed E-state index contributed by atoms with van der Waals surface area (Å²) >= 11 is 0. The summed E-state index contributed by atoms with van der Waals surface area (Å²) in [4.78, 5) is 2.60. The Balaban J connectivity index is 1.69. The number of aryl methyl sites for hydroxylation is 1. The minimum atomic E-state index is 0.528. The summed E-state index contributed by atoms with van der Waals surface area (Å²) in [5, 5.41) is 3.66. The number of nitrogens with zero attached hydrogens (tertiary/aromatic N) is 1. The summed E-state index contributed by atoms with van der Waals surface area (Å²) in [6.45, 7) is 7.41. The third kappa shape index (κ3) is 3.58. The van der Waals surface area contributed by atoms with Crippen molar-refractivity contribution in [2.24, 2.45) is 5.92 Å². The molecule has 2 aliphatic heterocycles. The smallest absolute Gasteiger partial charge is 0.0624 e. The van der Waals surface area contributed by atoms with Crippen LogP contribution in [-0.4, -0.2) is 38.9 Å². The Morgan fingerprint density at radius 1 is 1.24 bits per heavy atom. The van der Waals surface area contributed by atoms with Gasteiger partial charge in [-0.05, 0) is 43.9 Å². The molecule has 0 saturated carbocycles. The molecule has 21 heavy (non-hydrogen) atoms. The second-order valence-corrected chi connectivity index (χ2v) is 6.39. The molecular formula is C18H28N2O. The Labute approximate surface area is 128 Å².